The molecule has 1 unspecified atom stereocenters. The highest BCUT2D eigenvalue weighted by molar-refractivity contribution is 7.93. The van der Waals surface area contributed by atoms with Gasteiger partial charge in [-0.2, -0.15) is 0 Å². The average Bonchev–Trinajstić information content (AvgIpc) is 2.16. The normalized spacial score (nSPS) is 13.1. The maximum absolute atomic E-state index is 11.6. The fourth-order valence-corrected chi connectivity index (χ4v) is 2.65. The van der Waals surface area contributed by atoms with E-state index in [4.69, 9.17) is 5.11 Å². The van der Waals surface area contributed by atoms with Crippen LogP contribution in [0.5, 0.6) is 0 Å². The molecule has 0 heterocycles. The summed E-state index contributed by atoms with van der Waals surface area (Å²) in [4.78, 5) is 21.6. The summed E-state index contributed by atoms with van der Waals surface area (Å²) in [5, 5.41) is 7.27. The van der Waals surface area contributed by atoms with Crippen molar-refractivity contribution in [1.29, 1.82) is 0 Å². The van der Waals surface area contributed by atoms with Crippen LogP contribution in [-0.2, 0) is 24.2 Å². The first-order chi connectivity index (χ1) is 7.35. The summed E-state index contributed by atoms with van der Waals surface area (Å²) < 4.78 is 27.3. The summed E-state index contributed by atoms with van der Waals surface area (Å²) in [6.45, 7) is 1.83. The Hall–Kier alpha value is -1.11. The lowest BCUT2D eigenvalue weighted by Gasteiger charge is -2.11. The van der Waals surface area contributed by atoms with Gasteiger partial charge >= 0.3 is 11.9 Å². The van der Waals surface area contributed by atoms with E-state index in [2.05, 4.69) is 4.74 Å². The van der Waals surface area contributed by atoms with Crippen molar-refractivity contribution in [3.05, 3.63) is 0 Å². The summed E-state index contributed by atoms with van der Waals surface area (Å²) in [7, 11) is -2.92. The molecule has 0 bridgehead atoms. The summed E-state index contributed by atoms with van der Waals surface area (Å²) in [5.41, 5.74) is 0. The molecular weight excluding hydrogens is 236 g/mol. The SMILES string of the molecule is CCCCC(C(=O)O)S(=O)(=O)CC(=O)OC. The standard InChI is InChI=1S/C9H16O6S/c1-3-4-5-7(9(11)12)16(13,14)6-8(10)15-2/h7H,3-6H2,1-2H3,(H,11,12). The molecule has 6 nitrogen and oxygen atoms in total. The topological polar surface area (TPSA) is 97.7 Å². The molecular formula is C9H16O6S. The van der Waals surface area contributed by atoms with Gasteiger partial charge < -0.3 is 9.84 Å². The van der Waals surface area contributed by atoms with Crippen LogP contribution in [0.15, 0.2) is 0 Å². The van der Waals surface area contributed by atoms with Crippen molar-refractivity contribution in [2.75, 3.05) is 12.9 Å². The van der Waals surface area contributed by atoms with Gasteiger partial charge in [-0.25, -0.2) is 8.42 Å². The number of unbranched alkanes of at least 4 members (excludes halogenated alkanes) is 1. The highest BCUT2D eigenvalue weighted by Gasteiger charge is 2.33. The van der Waals surface area contributed by atoms with E-state index in [9.17, 15) is 18.0 Å². The minimum absolute atomic E-state index is 0.0190. The van der Waals surface area contributed by atoms with Crippen molar-refractivity contribution in [3.8, 4) is 0 Å². The fraction of sp³-hybridized carbons (Fsp3) is 0.778. The number of hydrogen-bond donors (Lipinski definition) is 1. The molecule has 7 heteroatoms. The molecule has 16 heavy (non-hydrogen) atoms. The summed E-state index contributed by atoms with van der Waals surface area (Å²) >= 11 is 0. The third-order valence-electron chi connectivity index (χ3n) is 2.08. The minimum atomic E-state index is -3.98. The van der Waals surface area contributed by atoms with E-state index in [0.29, 0.717) is 12.8 Å². The van der Waals surface area contributed by atoms with Crippen LogP contribution < -0.4 is 0 Å². The van der Waals surface area contributed by atoms with Crippen molar-refractivity contribution in [3.63, 3.8) is 0 Å². The van der Waals surface area contributed by atoms with Crippen molar-refractivity contribution in [2.24, 2.45) is 0 Å². The van der Waals surface area contributed by atoms with Crippen molar-refractivity contribution in [2.45, 2.75) is 31.4 Å². The maximum atomic E-state index is 11.6. The smallest absolute Gasteiger partial charge is 0.321 e. The van der Waals surface area contributed by atoms with E-state index >= 15 is 0 Å². The van der Waals surface area contributed by atoms with Gasteiger partial charge in [0.25, 0.3) is 0 Å². The number of rotatable bonds is 7. The second kappa shape index (κ2) is 6.47. The first kappa shape index (κ1) is 14.9. The monoisotopic (exact) mass is 252 g/mol. The lowest BCUT2D eigenvalue weighted by Crippen LogP contribution is -2.34. The van der Waals surface area contributed by atoms with Gasteiger partial charge in [0.15, 0.2) is 15.1 Å². The van der Waals surface area contributed by atoms with Crippen molar-refractivity contribution < 1.29 is 27.9 Å². The predicted octanol–water partition coefficient (Wildman–Crippen LogP) is 0.218. The summed E-state index contributed by atoms with van der Waals surface area (Å²) in [6, 6.07) is 0. The number of carboxylic acid groups (broad SMARTS) is 1. The van der Waals surface area contributed by atoms with Crippen LogP contribution in [0.3, 0.4) is 0 Å². The highest BCUT2D eigenvalue weighted by Crippen LogP contribution is 2.12. The second-order valence-electron chi connectivity index (χ2n) is 3.35. The van der Waals surface area contributed by atoms with Crippen LogP contribution in [-0.4, -0.2) is 43.6 Å². The van der Waals surface area contributed by atoms with Crippen LogP contribution in [0, 0.1) is 0 Å². The second-order valence-corrected chi connectivity index (χ2v) is 5.54. The molecule has 0 amide bonds. The lowest BCUT2D eigenvalue weighted by atomic mass is 10.2. The van der Waals surface area contributed by atoms with Gasteiger partial charge in [-0.05, 0) is 6.42 Å². The van der Waals surface area contributed by atoms with Crippen LogP contribution in [0.1, 0.15) is 26.2 Å². The molecule has 0 aliphatic carbocycles. The average molecular weight is 252 g/mol. The Morgan fingerprint density at radius 1 is 1.38 bits per heavy atom. The van der Waals surface area contributed by atoms with E-state index in [1.165, 1.54) is 0 Å². The zero-order valence-electron chi connectivity index (χ0n) is 9.30. The zero-order chi connectivity index (χ0) is 12.8. The molecule has 94 valence electrons. The Bertz CT molecular complexity index is 345. The largest absolute Gasteiger partial charge is 0.480 e. The number of methoxy groups -OCH3 is 1. The highest BCUT2D eigenvalue weighted by atomic mass is 32.2. The van der Waals surface area contributed by atoms with Gasteiger partial charge in [0, 0.05) is 0 Å². The number of carboxylic acids is 1. The minimum Gasteiger partial charge on any atom is -0.480 e. The Labute approximate surface area is 94.5 Å². The van der Waals surface area contributed by atoms with Gasteiger partial charge in [-0.1, -0.05) is 19.8 Å². The predicted molar refractivity (Wildman–Crippen MR) is 56.8 cm³/mol. The molecule has 0 saturated carbocycles. The van der Waals surface area contributed by atoms with Crippen LogP contribution in [0.25, 0.3) is 0 Å². The van der Waals surface area contributed by atoms with Crippen LogP contribution in [0.4, 0.5) is 0 Å². The molecule has 0 fully saturated rings. The fourth-order valence-electron chi connectivity index (χ4n) is 1.17. The van der Waals surface area contributed by atoms with Crippen LogP contribution in [0.2, 0.25) is 0 Å². The van der Waals surface area contributed by atoms with Gasteiger partial charge in [0.2, 0.25) is 0 Å². The number of hydrogen-bond acceptors (Lipinski definition) is 5. The van der Waals surface area contributed by atoms with Gasteiger partial charge in [-0.15, -0.1) is 0 Å². The number of ether oxygens (including phenoxy) is 1. The zero-order valence-corrected chi connectivity index (χ0v) is 10.1. The number of carbonyl (C=O) groups is 2. The Kier molecular flexibility index (Phi) is 6.02. The molecule has 0 aromatic heterocycles. The Morgan fingerprint density at radius 2 is 1.94 bits per heavy atom. The van der Waals surface area contributed by atoms with E-state index in [-0.39, 0.29) is 6.42 Å². The quantitative estimate of drug-likeness (QED) is 0.651. The third-order valence-corrected chi connectivity index (χ3v) is 4.02. The molecule has 1 N–H and O–H groups in total. The summed E-state index contributed by atoms with van der Waals surface area (Å²) in [6.07, 6.45) is 1.19. The molecule has 1 atom stereocenters. The number of sulfone groups is 1. The molecule has 0 rings (SSSR count). The van der Waals surface area contributed by atoms with Gasteiger partial charge in [0.1, 0.15) is 5.75 Å². The van der Waals surface area contributed by atoms with E-state index in [1.807, 2.05) is 6.92 Å². The van der Waals surface area contributed by atoms with Gasteiger partial charge in [0.05, 0.1) is 7.11 Å². The Balaban J connectivity index is 4.76. The molecule has 0 aromatic carbocycles. The van der Waals surface area contributed by atoms with E-state index in [1.54, 1.807) is 0 Å². The third kappa shape index (κ3) is 4.61. The molecule has 0 radical (unpaired) electrons. The number of esters is 1. The lowest BCUT2D eigenvalue weighted by molar-refractivity contribution is -0.137. The first-order valence-corrected chi connectivity index (χ1v) is 6.57. The van der Waals surface area contributed by atoms with Gasteiger partial charge in [-0.3, -0.25) is 9.59 Å². The van der Waals surface area contributed by atoms with E-state index < -0.39 is 32.8 Å². The number of aliphatic carboxylic acids is 1. The molecule has 0 spiro atoms. The van der Waals surface area contributed by atoms with Crippen LogP contribution >= 0.6 is 0 Å². The molecule has 0 aliphatic heterocycles. The maximum Gasteiger partial charge on any atom is 0.321 e. The number of carbonyl (C=O) groups excluding carboxylic acids is 1. The van der Waals surface area contributed by atoms with Crippen molar-refractivity contribution >= 4 is 21.8 Å². The summed E-state index contributed by atoms with van der Waals surface area (Å²) in [5.74, 6) is -3.25. The van der Waals surface area contributed by atoms with E-state index in [0.717, 1.165) is 7.11 Å². The molecule has 0 aliphatic rings. The van der Waals surface area contributed by atoms with Crippen molar-refractivity contribution in [1.82, 2.24) is 0 Å². The Morgan fingerprint density at radius 3 is 2.31 bits per heavy atom. The molecule has 0 saturated heterocycles. The first-order valence-electron chi connectivity index (χ1n) is 4.86. The molecule has 0 aromatic rings.